The van der Waals surface area contributed by atoms with E-state index in [2.05, 4.69) is 21.3 Å². The zero-order valence-corrected chi connectivity index (χ0v) is 23.0. The predicted octanol–water partition coefficient (Wildman–Crippen LogP) is 2.97. The molecule has 1 amide bonds. The van der Waals surface area contributed by atoms with E-state index in [4.69, 9.17) is 25.9 Å². The molecule has 9 nitrogen and oxygen atoms in total. The van der Waals surface area contributed by atoms with E-state index < -0.39 is 11.4 Å². The molecule has 1 aliphatic heterocycles. The zero-order chi connectivity index (χ0) is 27.2. The summed E-state index contributed by atoms with van der Waals surface area (Å²) < 4.78 is 25.5. The molecule has 4 heterocycles. The van der Waals surface area contributed by atoms with Crippen LogP contribution in [0.1, 0.15) is 46.9 Å². The second-order valence-corrected chi connectivity index (χ2v) is 11.9. The number of rotatable bonds is 7. The molecule has 0 radical (unpaired) electrons. The second-order valence-electron chi connectivity index (χ2n) is 10.9. The average Bonchev–Trinajstić information content (AvgIpc) is 3.38. The van der Waals surface area contributed by atoms with E-state index in [9.17, 15) is 9.18 Å². The molecule has 5 rings (SSSR count). The van der Waals surface area contributed by atoms with Crippen molar-refractivity contribution in [2.45, 2.75) is 63.8 Å². The first-order chi connectivity index (χ1) is 18.0. The van der Waals surface area contributed by atoms with Crippen LogP contribution in [0.2, 0.25) is 0 Å². The van der Waals surface area contributed by atoms with Crippen molar-refractivity contribution < 1.29 is 18.7 Å². The molecule has 0 aromatic carbocycles. The van der Waals surface area contributed by atoms with Crippen LogP contribution >= 0.6 is 11.3 Å². The lowest BCUT2D eigenvalue weighted by molar-refractivity contribution is -0.102. The lowest BCUT2D eigenvalue weighted by atomic mass is 9.91. The molecule has 38 heavy (non-hydrogen) atoms. The van der Waals surface area contributed by atoms with Gasteiger partial charge in [-0.05, 0) is 57.7 Å². The maximum atomic E-state index is 14.0. The van der Waals surface area contributed by atoms with Crippen LogP contribution in [0.15, 0.2) is 18.2 Å². The molecule has 0 saturated carbocycles. The Morgan fingerprint density at radius 2 is 2.11 bits per heavy atom. The lowest BCUT2D eigenvalue weighted by Crippen LogP contribution is -2.43. The van der Waals surface area contributed by atoms with Crippen LogP contribution in [0.5, 0.6) is 0 Å². The number of fused-ring (bicyclic) bond motifs is 2. The Morgan fingerprint density at radius 1 is 1.32 bits per heavy atom. The number of aryl methyl sites for hydroxylation is 2. The van der Waals surface area contributed by atoms with Gasteiger partial charge in [0, 0.05) is 37.3 Å². The number of carbonyl (C=O) groups excluding carboxylic acids is 1. The maximum absolute atomic E-state index is 14.0. The standard InChI is InChI=1S/C27H35FN6O3S/c1-14-18(28)10-17-23(30)24(38-26(17)31-14)25(35)32-16-6-7-20-15(9-16)5-8-22(33-20)34-11-19(29)21(12-34)37-27(2,3)13-36-4/h5,8,10,16,19,21H,6-7,9,11-13,29-30H2,1-4H3,(H,32,35). The van der Waals surface area contributed by atoms with Gasteiger partial charge in [-0.1, -0.05) is 6.07 Å². The number of nitrogen functional groups attached to an aromatic ring is 1. The van der Waals surface area contributed by atoms with Crippen molar-refractivity contribution in [2.24, 2.45) is 5.73 Å². The first-order valence-electron chi connectivity index (χ1n) is 12.9. The van der Waals surface area contributed by atoms with Gasteiger partial charge in [0.15, 0.2) is 0 Å². The van der Waals surface area contributed by atoms with Crippen LogP contribution in [0.3, 0.4) is 0 Å². The van der Waals surface area contributed by atoms with Gasteiger partial charge in [-0.15, -0.1) is 11.3 Å². The van der Waals surface area contributed by atoms with Crippen molar-refractivity contribution in [2.75, 3.05) is 37.4 Å². The van der Waals surface area contributed by atoms with Gasteiger partial charge >= 0.3 is 0 Å². The van der Waals surface area contributed by atoms with E-state index >= 15 is 0 Å². The second kappa shape index (κ2) is 10.4. The molecule has 3 atom stereocenters. The SMILES string of the molecule is COCC(C)(C)OC1CN(c2ccc3c(n2)CCC(NC(=O)c2sc4nc(C)c(F)cc4c2N)C3)CC1N. The number of thiophene rings is 1. The van der Waals surface area contributed by atoms with Crippen molar-refractivity contribution in [3.63, 3.8) is 0 Å². The number of nitrogens with one attached hydrogen (secondary N) is 1. The number of carbonyl (C=O) groups is 1. The maximum Gasteiger partial charge on any atom is 0.263 e. The largest absolute Gasteiger partial charge is 0.397 e. The van der Waals surface area contributed by atoms with Gasteiger partial charge in [-0.25, -0.2) is 14.4 Å². The number of nitrogens with two attached hydrogens (primary N) is 2. The number of hydrogen-bond donors (Lipinski definition) is 3. The fourth-order valence-corrected chi connectivity index (χ4v) is 6.35. The molecule has 5 N–H and O–H groups in total. The molecule has 1 aliphatic carbocycles. The van der Waals surface area contributed by atoms with Gasteiger partial charge < -0.3 is 31.2 Å². The Morgan fingerprint density at radius 3 is 2.87 bits per heavy atom. The van der Waals surface area contributed by atoms with Crippen molar-refractivity contribution in [1.82, 2.24) is 15.3 Å². The molecule has 0 bridgehead atoms. The van der Waals surface area contributed by atoms with Crippen LogP contribution in [0, 0.1) is 12.7 Å². The number of ether oxygens (including phenoxy) is 2. The molecular formula is C27H35FN6O3S. The van der Waals surface area contributed by atoms with E-state index in [-0.39, 0.29) is 35.5 Å². The fraction of sp³-hybridized carbons (Fsp3) is 0.519. The Kier molecular flexibility index (Phi) is 7.29. The van der Waals surface area contributed by atoms with Crippen LogP contribution in [-0.2, 0) is 22.3 Å². The minimum absolute atomic E-state index is 0.0419. The summed E-state index contributed by atoms with van der Waals surface area (Å²) in [7, 11) is 1.67. The number of anilines is 2. The Balaban J connectivity index is 1.24. The van der Waals surface area contributed by atoms with Crippen LogP contribution in [-0.4, -0.2) is 66.5 Å². The molecule has 3 unspecified atom stereocenters. The quantitative estimate of drug-likeness (QED) is 0.416. The fourth-order valence-electron chi connectivity index (χ4n) is 5.32. The number of methoxy groups -OCH3 is 1. The van der Waals surface area contributed by atoms with Gasteiger partial charge in [-0.2, -0.15) is 0 Å². The average molecular weight is 543 g/mol. The topological polar surface area (TPSA) is 129 Å². The number of halogens is 1. The summed E-state index contributed by atoms with van der Waals surface area (Å²) in [5.74, 6) is 0.207. The molecule has 3 aromatic rings. The van der Waals surface area contributed by atoms with Crippen LogP contribution < -0.4 is 21.7 Å². The van der Waals surface area contributed by atoms with E-state index in [1.54, 1.807) is 14.0 Å². The van der Waals surface area contributed by atoms with Crippen molar-refractivity contribution in [3.05, 3.63) is 45.8 Å². The van der Waals surface area contributed by atoms with Crippen molar-refractivity contribution in [1.29, 1.82) is 0 Å². The van der Waals surface area contributed by atoms with E-state index in [1.807, 2.05) is 19.9 Å². The lowest BCUT2D eigenvalue weighted by Gasteiger charge is -2.30. The molecule has 204 valence electrons. The summed E-state index contributed by atoms with van der Waals surface area (Å²) in [5, 5.41) is 3.59. The molecule has 0 spiro atoms. The van der Waals surface area contributed by atoms with Crippen molar-refractivity contribution in [3.8, 4) is 0 Å². The highest BCUT2D eigenvalue weighted by atomic mass is 32.1. The van der Waals surface area contributed by atoms with E-state index in [0.717, 1.165) is 29.9 Å². The third-order valence-electron chi connectivity index (χ3n) is 7.24. The smallest absolute Gasteiger partial charge is 0.263 e. The number of hydrogen-bond acceptors (Lipinski definition) is 9. The van der Waals surface area contributed by atoms with Gasteiger partial charge in [0.1, 0.15) is 21.3 Å². The Labute approximate surface area is 225 Å². The van der Waals surface area contributed by atoms with E-state index in [1.165, 1.54) is 17.4 Å². The highest BCUT2D eigenvalue weighted by Crippen LogP contribution is 2.34. The molecule has 1 fully saturated rings. The number of pyridine rings is 2. The Hall–Kier alpha value is -2.86. The summed E-state index contributed by atoms with van der Waals surface area (Å²) >= 11 is 1.19. The first-order valence-corrected chi connectivity index (χ1v) is 13.7. The summed E-state index contributed by atoms with van der Waals surface area (Å²) in [5.41, 5.74) is 14.9. The molecular weight excluding hydrogens is 507 g/mol. The number of aromatic nitrogens is 2. The van der Waals surface area contributed by atoms with Crippen LogP contribution in [0.4, 0.5) is 15.9 Å². The summed E-state index contributed by atoms with van der Waals surface area (Å²) in [6, 6.07) is 5.31. The zero-order valence-electron chi connectivity index (χ0n) is 22.2. The van der Waals surface area contributed by atoms with E-state index in [0.29, 0.717) is 41.2 Å². The summed E-state index contributed by atoms with van der Waals surface area (Å²) in [6.45, 7) is 7.45. The van der Waals surface area contributed by atoms with Gasteiger partial charge in [0.2, 0.25) is 0 Å². The Bertz CT molecular complexity index is 1360. The number of nitrogens with zero attached hydrogens (tertiary/aromatic N) is 3. The minimum Gasteiger partial charge on any atom is -0.397 e. The predicted molar refractivity (Wildman–Crippen MR) is 147 cm³/mol. The number of amides is 1. The minimum atomic E-state index is -0.432. The molecule has 1 saturated heterocycles. The summed E-state index contributed by atoms with van der Waals surface area (Å²) in [4.78, 5) is 25.4. The highest BCUT2D eigenvalue weighted by molar-refractivity contribution is 7.21. The third kappa shape index (κ3) is 5.33. The third-order valence-corrected chi connectivity index (χ3v) is 8.35. The van der Waals surface area contributed by atoms with Crippen LogP contribution in [0.25, 0.3) is 10.2 Å². The van der Waals surface area contributed by atoms with Gasteiger partial charge in [-0.3, -0.25) is 4.79 Å². The van der Waals surface area contributed by atoms with Crippen molar-refractivity contribution >= 4 is 39.0 Å². The molecule has 11 heteroatoms. The molecule has 2 aliphatic rings. The summed E-state index contributed by atoms with van der Waals surface area (Å²) in [6.07, 6.45) is 2.10. The first kappa shape index (κ1) is 26.7. The van der Waals surface area contributed by atoms with Gasteiger partial charge in [0.05, 0.1) is 35.7 Å². The monoisotopic (exact) mass is 542 g/mol. The normalized spacial score (nSPS) is 21.6. The molecule has 3 aromatic heterocycles. The highest BCUT2D eigenvalue weighted by Gasteiger charge is 2.36. The van der Waals surface area contributed by atoms with Gasteiger partial charge in [0.25, 0.3) is 5.91 Å².